The molecule has 4 aliphatic rings. The number of rotatable bonds is 9. The summed E-state index contributed by atoms with van der Waals surface area (Å²) in [4.78, 5) is 31.2. The second-order valence-electron chi connectivity index (χ2n) is 20.2. The monoisotopic (exact) mass is 959 g/mol. The van der Waals surface area contributed by atoms with Crippen molar-refractivity contribution in [3.05, 3.63) is 123 Å². The van der Waals surface area contributed by atoms with Gasteiger partial charge in [0.2, 0.25) is 0 Å². The highest BCUT2D eigenvalue weighted by atomic mass is 33.1. The van der Waals surface area contributed by atoms with E-state index >= 15 is 0 Å². The lowest BCUT2D eigenvalue weighted by atomic mass is 9.60. The van der Waals surface area contributed by atoms with Crippen molar-refractivity contribution in [2.45, 2.75) is 140 Å². The van der Waals surface area contributed by atoms with Crippen molar-refractivity contribution in [3.63, 3.8) is 0 Å². The number of unbranched alkanes of at least 4 members (excludes halogenated alkanes) is 2. The second-order valence-corrected chi connectivity index (χ2v) is 22.7. The van der Waals surface area contributed by atoms with E-state index in [-0.39, 0.29) is 59.3 Å². The van der Waals surface area contributed by atoms with Crippen molar-refractivity contribution in [2.75, 3.05) is 12.4 Å². The first kappa shape index (κ1) is 49.9. The number of nitrogens with one attached hydrogen (secondary N) is 1. The van der Waals surface area contributed by atoms with Gasteiger partial charge in [0.15, 0.2) is 23.1 Å². The summed E-state index contributed by atoms with van der Waals surface area (Å²) in [5.74, 6) is 8.38. The summed E-state index contributed by atoms with van der Waals surface area (Å²) in [5.41, 5.74) is 19.2. The lowest BCUT2D eigenvalue weighted by Gasteiger charge is -2.45. The van der Waals surface area contributed by atoms with Crippen LogP contribution < -0.4 is 16.2 Å². The number of aromatic hydroxyl groups is 2. The van der Waals surface area contributed by atoms with Gasteiger partial charge >= 0.3 is 0 Å². The minimum absolute atomic E-state index is 0.00332. The standard InChI is InChI=1S/C56H69N3O7S2/c1-3-4-5-7-38(24-35(2)60)25-41-16-20-56-33-55(41,31-53(56)65)21-17-42(61)13-10-36-12-15-50(63)52(27-36)66-23-19-37-11-14-49(62)47(26-37)46-30-51(64)43-18-22-59-48(43)9-6-8-39-28-45(54(57)58)40(29-44(39)46)32-67-68-34-56/h11-12,14-15,17-18,21-22,26-29,35,38,41,46,53-54,59-60,62-63,65H,3-5,7,9-10,13,16,19-20,23-25,30-34,57-58H2,1-2H3/b21-17-/t35-,38+,41+,46-,53-,55-,56-/m0/s1. The predicted molar refractivity (Wildman–Crippen MR) is 273 cm³/mol. The van der Waals surface area contributed by atoms with Gasteiger partial charge in [-0.05, 0) is 133 Å². The molecular formula is C56H69N3O7S2. The highest BCUT2D eigenvalue weighted by Crippen LogP contribution is 2.64. The van der Waals surface area contributed by atoms with Crippen LogP contribution in [0.2, 0.25) is 0 Å². The Morgan fingerprint density at radius 1 is 0.971 bits per heavy atom. The molecule has 8 rings (SSSR count). The number of ketones is 2. The molecule has 2 heterocycles. The molecule has 9 N–H and O–H groups in total. The summed E-state index contributed by atoms with van der Waals surface area (Å²) < 4.78 is 6.18. The Hall–Kier alpha value is -4.48. The summed E-state index contributed by atoms with van der Waals surface area (Å²) in [6, 6.07) is 16.5. The first-order valence-electron chi connectivity index (χ1n) is 24.7. The van der Waals surface area contributed by atoms with Gasteiger partial charge in [0, 0.05) is 70.7 Å². The van der Waals surface area contributed by atoms with Crippen LogP contribution in [0.5, 0.6) is 17.2 Å². The van der Waals surface area contributed by atoms with Crippen molar-refractivity contribution >= 4 is 33.2 Å². The normalized spacial score (nSPS) is 25.7. The van der Waals surface area contributed by atoms with Gasteiger partial charge in [0.25, 0.3) is 0 Å². The number of Topliss-reactive ketones (excluding diaryl/α,β-unsaturated/α-hetero) is 1. The molecule has 8 bridgehead atoms. The number of hydrogen-bond acceptors (Lipinski definition) is 11. The van der Waals surface area contributed by atoms with Crippen LogP contribution in [0.3, 0.4) is 0 Å². The summed E-state index contributed by atoms with van der Waals surface area (Å²) in [5, 5.41) is 45.2. The molecule has 1 aliphatic heterocycles. The smallest absolute Gasteiger partial charge is 0.165 e. The number of aryl methyl sites for hydroxylation is 1. The Balaban J connectivity index is 1.16. The second kappa shape index (κ2) is 22.1. The third-order valence-corrected chi connectivity index (χ3v) is 17.9. The van der Waals surface area contributed by atoms with E-state index in [1.54, 1.807) is 58.1 Å². The Kier molecular flexibility index (Phi) is 16.2. The summed E-state index contributed by atoms with van der Waals surface area (Å²) in [7, 11) is 3.45. The number of benzene rings is 3. The molecular weight excluding hydrogens is 891 g/mol. The number of fused-ring (bicyclic) bond motifs is 7. The number of carbonyl (C=O) groups excluding carboxylic acids is 2. The molecule has 4 aromatic rings. The molecule has 0 radical (unpaired) electrons. The number of phenolic OH excluding ortho intramolecular Hbond substituents is 2. The van der Waals surface area contributed by atoms with E-state index in [4.69, 9.17) is 16.2 Å². The number of ether oxygens (including phenoxy) is 1. The Morgan fingerprint density at radius 3 is 2.57 bits per heavy atom. The van der Waals surface area contributed by atoms with E-state index in [0.29, 0.717) is 59.8 Å². The number of H-pyrrole nitrogens is 1. The van der Waals surface area contributed by atoms with Crippen LogP contribution in [-0.4, -0.2) is 61.5 Å². The number of allylic oxidation sites excluding steroid dienone is 2. The molecule has 0 saturated heterocycles. The Labute approximate surface area is 409 Å². The Bertz CT molecular complexity index is 2540. The topological polar surface area (TPSA) is 192 Å². The third-order valence-electron chi connectivity index (χ3n) is 15.4. The minimum atomic E-state index is -0.790. The first-order valence-corrected chi connectivity index (χ1v) is 27.2. The molecule has 362 valence electrons. The fourth-order valence-corrected chi connectivity index (χ4v) is 14.5. The quantitative estimate of drug-likeness (QED) is 0.0366. The summed E-state index contributed by atoms with van der Waals surface area (Å²) >= 11 is 0. The third kappa shape index (κ3) is 11.4. The minimum Gasteiger partial charge on any atom is -0.508 e. The van der Waals surface area contributed by atoms with E-state index in [1.807, 2.05) is 31.2 Å². The molecule has 0 unspecified atom stereocenters. The predicted octanol–water partition coefficient (Wildman–Crippen LogP) is 10.1. The van der Waals surface area contributed by atoms with Gasteiger partial charge < -0.3 is 41.6 Å². The number of aromatic amines is 1. The number of phenols is 2. The van der Waals surface area contributed by atoms with Gasteiger partial charge in [-0.15, -0.1) is 0 Å². The molecule has 10 nitrogen and oxygen atoms in total. The van der Waals surface area contributed by atoms with Gasteiger partial charge in [0.05, 0.1) is 31.4 Å². The lowest BCUT2D eigenvalue weighted by Crippen LogP contribution is -2.38. The molecule has 0 spiro atoms. The van der Waals surface area contributed by atoms with Crippen LogP contribution >= 0.6 is 21.6 Å². The molecule has 68 heavy (non-hydrogen) atoms. The lowest BCUT2D eigenvalue weighted by molar-refractivity contribution is -0.114. The number of aromatic nitrogens is 1. The van der Waals surface area contributed by atoms with E-state index in [9.17, 15) is 30.0 Å². The van der Waals surface area contributed by atoms with Crippen LogP contribution in [0.25, 0.3) is 0 Å². The van der Waals surface area contributed by atoms with Crippen LogP contribution in [0, 0.1) is 34.5 Å². The Morgan fingerprint density at radius 2 is 1.78 bits per heavy atom. The van der Waals surface area contributed by atoms with E-state index in [0.717, 1.165) is 97.1 Å². The van der Waals surface area contributed by atoms with Gasteiger partial charge in [-0.25, -0.2) is 0 Å². The zero-order valence-corrected chi connectivity index (χ0v) is 41.2. The van der Waals surface area contributed by atoms with Gasteiger partial charge in [-0.1, -0.05) is 96.4 Å². The van der Waals surface area contributed by atoms with E-state index in [1.165, 1.54) is 0 Å². The maximum atomic E-state index is 14.3. The number of aliphatic hydroxyl groups is 2. The van der Waals surface area contributed by atoms with Gasteiger partial charge in [-0.3, -0.25) is 9.59 Å². The molecule has 2 fully saturated rings. The van der Waals surface area contributed by atoms with Crippen molar-refractivity contribution < 1.29 is 34.8 Å². The fourth-order valence-electron chi connectivity index (χ4n) is 11.7. The maximum Gasteiger partial charge on any atom is 0.165 e. The number of carbonyl (C=O) groups is 2. The van der Waals surface area contributed by atoms with Crippen LogP contribution in [-0.2, 0) is 29.8 Å². The van der Waals surface area contributed by atoms with Crippen molar-refractivity contribution in [1.29, 1.82) is 0 Å². The molecule has 0 amide bonds. The zero-order chi connectivity index (χ0) is 48.0. The number of nitrogens with two attached hydrogens (primary N) is 2. The SMILES string of the molecule is CCCCC[C@@H](C[C@H]1CC[C@]23CSSCc4cc5c(cc4C(N)N)C#CCc4[nH]ccc4C(=O)C[C@@H]5c4cc(ccc4O)CCOc4cc(ccc4O)CCC(=O)/C=C\[C@]1(C[C@@H]2O)C3)C[C@H](C)O. The van der Waals surface area contributed by atoms with Crippen LogP contribution in [0.1, 0.15) is 158 Å². The number of hydrogen-bond donors (Lipinski definition) is 7. The summed E-state index contributed by atoms with van der Waals surface area (Å²) in [6.45, 7) is 4.33. The fraction of sp³-hybridized carbons (Fsp3) is 0.500. The average Bonchev–Trinajstić information content (AvgIpc) is 3.87. The highest BCUT2D eigenvalue weighted by Gasteiger charge is 2.59. The molecule has 3 aromatic carbocycles. The van der Waals surface area contributed by atoms with Crippen LogP contribution in [0.4, 0.5) is 0 Å². The van der Waals surface area contributed by atoms with Crippen LogP contribution in [0.15, 0.2) is 72.9 Å². The van der Waals surface area contributed by atoms with Crippen molar-refractivity contribution in [1.82, 2.24) is 4.98 Å². The molecule has 3 aliphatic carbocycles. The summed E-state index contributed by atoms with van der Waals surface area (Å²) in [6.07, 6.45) is 15.0. The molecule has 12 heteroatoms. The van der Waals surface area contributed by atoms with E-state index < -0.39 is 24.3 Å². The van der Waals surface area contributed by atoms with E-state index in [2.05, 4.69) is 35.9 Å². The molecule has 2 saturated carbocycles. The van der Waals surface area contributed by atoms with Gasteiger partial charge in [-0.2, -0.15) is 0 Å². The average molecular weight is 960 g/mol. The maximum absolute atomic E-state index is 14.3. The highest BCUT2D eigenvalue weighted by molar-refractivity contribution is 8.76. The van der Waals surface area contributed by atoms with Gasteiger partial charge in [0.1, 0.15) is 5.75 Å². The first-order chi connectivity index (χ1) is 32.8. The molecule has 7 atom stereocenters. The zero-order valence-electron chi connectivity index (χ0n) is 39.6. The number of aliphatic hydroxyl groups excluding tert-OH is 2. The largest absolute Gasteiger partial charge is 0.508 e. The van der Waals surface area contributed by atoms with Crippen molar-refractivity contribution in [3.8, 4) is 29.1 Å². The molecule has 1 aromatic heterocycles. The van der Waals surface area contributed by atoms with Crippen molar-refractivity contribution in [2.24, 2.45) is 34.1 Å².